The molecule has 1 fully saturated rings. The Kier molecular flexibility index (Phi) is 8.51. The number of nitrogens with one attached hydrogen (secondary N) is 2. The van der Waals surface area contributed by atoms with Gasteiger partial charge in [-0.3, -0.25) is 19.3 Å². The summed E-state index contributed by atoms with van der Waals surface area (Å²) in [7, 11) is 0. The van der Waals surface area contributed by atoms with Gasteiger partial charge in [0.05, 0.1) is 17.5 Å². The first-order valence-electron chi connectivity index (χ1n) is 12.1. The average molecular weight is 506 g/mol. The number of carbonyl (C=O) groups is 3. The van der Waals surface area contributed by atoms with Crippen LogP contribution in [0.2, 0.25) is 0 Å². The molecule has 0 spiro atoms. The molecule has 1 aliphatic rings. The molecule has 0 radical (unpaired) electrons. The molecule has 3 amide bonds. The number of hydrogen-bond donors (Lipinski definition) is 2. The number of benzene rings is 2. The summed E-state index contributed by atoms with van der Waals surface area (Å²) in [5, 5.41) is 7.52. The van der Waals surface area contributed by atoms with Gasteiger partial charge in [-0.05, 0) is 67.0 Å². The van der Waals surface area contributed by atoms with Crippen molar-refractivity contribution in [2.45, 2.75) is 38.8 Å². The summed E-state index contributed by atoms with van der Waals surface area (Å²) in [6, 6.07) is 17.6. The van der Waals surface area contributed by atoms with Gasteiger partial charge in [-0.1, -0.05) is 42.5 Å². The van der Waals surface area contributed by atoms with Crippen molar-refractivity contribution in [3.63, 3.8) is 0 Å². The fraction of sp³-hybridized carbons (Fsp3) is 0.321. The number of ether oxygens (including phenoxy) is 1. The summed E-state index contributed by atoms with van der Waals surface area (Å²) in [5.41, 5.74) is 3.22. The zero-order valence-corrected chi connectivity index (χ0v) is 21.3. The van der Waals surface area contributed by atoms with E-state index in [4.69, 9.17) is 4.74 Å². The molecule has 4 rings (SSSR count). The first-order chi connectivity index (χ1) is 17.4. The molecular weight excluding hydrogens is 474 g/mol. The molecule has 2 atom stereocenters. The van der Waals surface area contributed by atoms with Crippen LogP contribution >= 0.6 is 11.3 Å². The first kappa shape index (κ1) is 25.6. The molecule has 1 saturated heterocycles. The third kappa shape index (κ3) is 6.38. The lowest BCUT2D eigenvalue weighted by molar-refractivity contribution is -0.126. The van der Waals surface area contributed by atoms with Crippen LogP contribution in [0.3, 0.4) is 0 Å². The van der Waals surface area contributed by atoms with E-state index < -0.39 is 6.04 Å². The number of aryl methyl sites for hydroxylation is 2. The standard InChI is InChI=1S/C28H31N3O4S/c1-19-14-20(2)16-22(15-19)31(25(32)18-30-27(33)24-11-7-13-36-24)26(21-8-4-3-5-9-21)28(34)29-17-23-10-6-12-35-23/h3-5,7-9,11,13-16,23,26H,6,10,12,17-18H2,1-2H3,(H,29,34)(H,30,33)/t23-,26-/m1/s1. The van der Waals surface area contributed by atoms with Crippen LogP contribution in [0.4, 0.5) is 5.69 Å². The summed E-state index contributed by atoms with van der Waals surface area (Å²) < 4.78 is 5.67. The van der Waals surface area contributed by atoms with Crippen molar-refractivity contribution < 1.29 is 19.1 Å². The molecule has 2 N–H and O–H groups in total. The van der Waals surface area contributed by atoms with E-state index >= 15 is 0 Å². The van der Waals surface area contributed by atoms with Gasteiger partial charge < -0.3 is 15.4 Å². The Bertz CT molecular complexity index is 1170. The molecule has 1 aliphatic heterocycles. The van der Waals surface area contributed by atoms with Crippen molar-refractivity contribution in [2.75, 3.05) is 24.6 Å². The van der Waals surface area contributed by atoms with E-state index in [9.17, 15) is 14.4 Å². The van der Waals surface area contributed by atoms with Crippen LogP contribution in [0.1, 0.15) is 45.2 Å². The SMILES string of the molecule is Cc1cc(C)cc(N(C(=O)CNC(=O)c2cccs2)[C@@H](C(=O)NC[C@H]2CCCO2)c2ccccc2)c1. The normalized spacial score (nSPS) is 15.8. The van der Waals surface area contributed by atoms with Gasteiger partial charge in [-0.25, -0.2) is 0 Å². The number of anilines is 1. The highest BCUT2D eigenvalue weighted by Crippen LogP contribution is 2.30. The zero-order valence-electron chi connectivity index (χ0n) is 20.5. The maximum Gasteiger partial charge on any atom is 0.261 e. The average Bonchev–Trinajstić information content (AvgIpc) is 3.59. The summed E-state index contributed by atoms with van der Waals surface area (Å²) in [5.74, 6) is -1.00. The summed E-state index contributed by atoms with van der Waals surface area (Å²) in [6.45, 7) is 4.73. The summed E-state index contributed by atoms with van der Waals surface area (Å²) in [6.07, 6.45) is 1.84. The fourth-order valence-electron chi connectivity index (χ4n) is 4.43. The van der Waals surface area contributed by atoms with E-state index in [-0.39, 0.29) is 30.4 Å². The van der Waals surface area contributed by atoms with Crippen LogP contribution in [-0.2, 0) is 14.3 Å². The van der Waals surface area contributed by atoms with Crippen LogP contribution in [0.5, 0.6) is 0 Å². The van der Waals surface area contributed by atoms with E-state index in [1.165, 1.54) is 16.2 Å². The van der Waals surface area contributed by atoms with E-state index in [1.54, 1.807) is 12.1 Å². The number of hydrogen-bond acceptors (Lipinski definition) is 5. The van der Waals surface area contributed by atoms with Gasteiger partial charge in [0.1, 0.15) is 6.04 Å². The van der Waals surface area contributed by atoms with Crippen LogP contribution in [0, 0.1) is 13.8 Å². The Morgan fingerprint density at radius 2 is 1.78 bits per heavy atom. The topological polar surface area (TPSA) is 87.7 Å². The lowest BCUT2D eigenvalue weighted by Crippen LogP contribution is -2.48. The molecule has 0 unspecified atom stereocenters. The second-order valence-electron chi connectivity index (χ2n) is 8.96. The van der Waals surface area contributed by atoms with Crippen molar-refractivity contribution in [1.29, 1.82) is 0 Å². The largest absolute Gasteiger partial charge is 0.376 e. The molecule has 7 nitrogen and oxygen atoms in total. The Morgan fingerprint density at radius 1 is 1.03 bits per heavy atom. The molecule has 36 heavy (non-hydrogen) atoms. The molecular formula is C28H31N3O4S. The van der Waals surface area contributed by atoms with Gasteiger partial charge in [0.25, 0.3) is 5.91 Å². The van der Waals surface area contributed by atoms with Gasteiger partial charge in [0.15, 0.2) is 0 Å². The monoisotopic (exact) mass is 505 g/mol. The predicted molar refractivity (Wildman–Crippen MR) is 141 cm³/mol. The second-order valence-corrected chi connectivity index (χ2v) is 9.91. The zero-order chi connectivity index (χ0) is 25.5. The number of amides is 3. The smallest absolute Gasteiger partial charge is 0.261 e. The van der Waals surface area contributed by atoms with Gasteiger partial charge in [-0.15, -0.1) is 11.3 Å². The molecule has 0 saturated carbocycles. The quantitative estimate of drug-likeness (QED) is 0.457. The van der Waals surface area contributed by atoms with Crippen LogP contribution < -0.4 is 15.5 Å². The van der Waals surface area contributed by atoms with Crippen molar-refractivity contribution in [2.24, 2.45) is 0 Å². The van der Waals surface area contributed by atoms with Gasteiger partial charge >= 0.3 is 0 Å². The maximum atomic E-state index is 13.7. The number of thiophene rings is 1. The number of nitrogens with zero attached hydrogens (tertiary/aromatic N) is 1. The molecule has 2 aromatic carbocycles. The minimum Gasteiger partial charge on any atom is -0.376 e. The minimum absolute atomic E-state index is 0.0270. The second kappa shape index (κ2) is 12.0. The highest BCUT2D eigenvalue weighted by molar-refractivity contribution is 7.12. The van der Waals surface area contributed by atoms with E-state index in [0.29, 0.717) is 29.3 Å². The van der Waals surface area contributed by atoms with Crippen molar-refractivity contribution in [3.8, 4) is 0 Å². The van der Waals surface area contributed by atoms with Gasteiger partial charge in [0, 0.05) is 18.8 Å². The minimum atomic E-state index is -0.917. The molecule has 0 bridgehead atoms. The molecule has 2 heterocycles. The molecule has 188 valence electrons. The Balaban J connectivity index is 1.66. The highest BCUT2D eigenvalue weighted by Gasteiger charge is 2.33. The van der Waals surface area contributed by atoms with E-state index in [0.717, 1.165) is 24.0 Å². The lowest BCUT2D eigenvalue weighted by atomic mass is 10.0. The van der Waals surface area contributed by atoms with Gasteiger partial charge in [0.2, 0.25) is 11.8 Å². The Hall–Kier alpha value is -3.49. The molecule has 0 aliphatic carbocycles. The van der Waals surface area contributed by atoms with Crippen LogP contribution in [0.15, 0.2) is 66.0 Å². The highest BCUT2D eigenvalue weighted by atomic mass is 32.1. The van der Waals surface area contributed by atoms with Crippen molar-refractivity contribution in [3.05, 3.63) is 87.6 Å². The summed E-state index contributed by atoms with van der Waals surface area (Å²) >= 11 is 1.31. The van der Waals surface area contributed by atoms with Crippen LogP contribution in [-0.4, -0.2) is 43.5 Å². The number of rotatable bonds is 9. The fourth-order valence-corrected chi connectivity index (χ4v) is 5.07. The Labute approximate surface area is 215 Å². The maximum absolute atomic E-state index is 13.7. The molecule has 3 aromatic rings. The third-order valence-electron chi connectivity index (χ3n) is 6.05. The molecule has 1 aromatic heterocycles. The van der Waals surface area contributed by atoms with Gasteiger partial charge in [-0.2, -0.15) is 0 Å². The third-order valence-corrected chi connectivity index (χ3v) is 6.92. The Morgan fingerprint density at radius 3 is 2.42 bits per heavy atom. The van der Waals surface area contributed by atoms with Crippen molar-refractivity contribution in [1.82, 2.24) is 10.6 Å². The summed E-state index contributed by atoms with van der Waals surface area (Å²) in [4.78, 5) is 42.0. The van der Waals surface area contributed by atoms with Crippen LogP contribution in [0.25, 0.3) is 0 Å². The number of carbonyl (C=O) groups excluding carboxylic acids is 3. The first-order valence-corrected chi connectivity index (χ1v) is 13.0. The lowest BCUT2D eigenvalue weighted by Gasteiger charge is -2.32. The van der Waals surface area contributed by atoms with E-state index in [2.05, 4.69) is 10.6 Å². The van der Waals surface area contributed by atoms with E-state index in [1.807, 2.05) is 67.8 Å². The predicted octanol–water partition coefficient (Wildman–Crippen LogP) is 4.16. The van der Waals surface area contributed by atoms with Crippen molar-refractivity contribution >= 4 is 34.7 Å². The molecule has 8 heteroatoms.